The van der Waals surface area contributed by atoms with Crippen LogP contribution in [-0.4, -0.2) is 43.1 Å². The molecule has 0 aliphatic carbocycles. The van der Waals surface area contributed by atoms with Crippen LogP contribution in [0.4, 0.5) is 11.4 Å². The van der Waals surface area contributed by atoms with E-state index in [0.717, 1.165) is 0 Å². The number of aromatic nitrogens is 2. The van der Waals surface area contributed by atoms with E-state index < -0.39 is 23.7 Å². The van der Waals surface area contributed by atoms with Gasteiger partial charge in [-0.3, -0.25) is 24.1 Å². The van der Waals surface area contributed by atoms with Gasteiger partial charge in [0.15, 0.2) is 0 Å². The molecule has 0 radical (unpaired) electrons. The van der Waals surface area contributed by atoms with Crippen molar-refractivity contribution in [3.8, 4) is 11.5 Å². The van der Waals surface area contributed by atoms with Crippen LogP contribution in [0.1, 0.15) is 23.7 Å². The van der Waals surface area contributed by atoms with Crippen LogP contribution >= 0.6 is 0 Å². The van der Waals surface area contributed by atoms with Crippen molar-refractivity contribution < 1.29 is 28.5 Å². The van der Waals surface area contributed by atoms with E-state index in [1.165, 1.54) is 50.8 Å². The summed E-state index contributed by atoms with van der Waals surface area (Å²) in [6.07, 6.45) is 1.68. The highest BCUT2D eigenvalue weighted by molar-refractivity contribution is 6.10. The predicted molar refractivity (Wildman–Crippen MR) is 189 cm³/mol. The van der Waals surface area contributed by atoms with Crippen molar-refractivity contribution in [2.45, 2.75) is 18.3 Å². The molecule has 0 aliphatic heterocycles. The molecule has 6 rings (SSSR count). The lowest BCUT2D eigenvalue weighted by Gasteiger charge is -2.39. The number of carbonyl (C=O) groups excluding carboxylic acids is 2. The second-order valence-electron chi connectivity index (χ2n) is 11.4. The van der Waals surface area contributed by atoms with Crippen molar-refractivity contribution in [2.24, 2.45) is 5.73 Å². The van der Waals surface area contributed by atoms with Gasteiger partial charge in [0.05, 0.1) is 48.9 Å². The fraction of sp³-hybridized carbons (Fsp3) is 0.158. The molecule has 2 heterocycles. The average molecular weight is 675 g/mol. The lowest BCUT2D eigenvalue weighted by Crippen LogP contribution is -2.49. The van der Waals surface area contributed by atoms with Crippen LogP contribution in [0.5, 0.6) is 11.5 Å². The summed E-state index contributed by atoms with van der Waals surface area (Å²) in [5, 5.41) is 1.64. The first-order valence-corrected chi connectivity index (χ1v) is 15.6. The molecule has 2 amide bonds. The van der Waals surface area contributed by atoms with Gasteiger partial charge in [-0.2, -0.15) is 0 Å². The standard InChI is InChI=1S/C38H34N4O8/c1-47-32-20-27-24(14-16-40-35(27)44)18-29(32)42(30-19-25-15-17-41-36(45)28(25)21-33(30)48-2)37(46)38(49-3,26-12-8-5-9-13-26)50-31(22-34(39)43)23-10-6-4-7-11-23/h4-21,31H,22H2,1-3H3,(H2,39,43)(H,40,44)(H,41,45)/t31-,38+/m1/s1. The summed E-state index contributed by atoms with van der Waals surface area (Å²) in [4.78, 5) is 60.4. The van der Waals surface area contributed by atoms with Gasteiger partial charge in [-0.25, -0.2) is 0 Å². The molecule has 50 heavy (non-hydrogen) atoms. The second-order valence-corrected chi connectivity index (χ2v) is 11.4. The number of aromatic amines is 2. The molecule has 12 nitrogen and oxygen atoms in total. The number of anilines is 2. The number of nitrogens with zero attached hydrogens (tertiary/aromatic N) is 1. The highest BCUT2D eigenvalue weighted by Crippen LogP contribution is 2.46. The molecule has 12 heteroatoms. The normalized spacial score (nSPS) is 13.0. The Kier molecular flexibility index (Phi) is 9.48. The Morgan fingerprint density at radius 1 is 0.740 bits per heavy atom. The number of nitrogens with one attached hydrogen (secondary N) is 2. The molecule has 0 bridgehead atoms. The summed E-state index contributed by atoms with van der Waals surface area (Å²) < 4.78 is 24.5. The Morgan fingerprint density at radius 2 is 1.24 bits per heavy atom. The fourth-order valence-electron chi connectivity index (χ4n) is 6.01. The Bertz CT molecular complexity index is 2210. The molecule has 0 spiro atoms. The van der Waals surface area contributed by atoms with Crippen molar-refractivity contribution in [1.82, 2.24) is 9.97 Å². The Morgan fingerprint density at radius 3 is 1.70 bits per heavy atom. The first kappa shape index (κ1) is 33.7. The Labute approximate surface area is 286 Å². The number of ether oxygens (including phenoxy) is 4. The van der Waals surface area contributed by atoms with Gasteiger partial charge in [0.2, 0.25) is 5.91 Å². The predicted octanol–water partition coefficient (Wildman–Crippen LogP) is 5.18. The number of fused-ring (bicyclic) bond motifs is 2. The van der Waals surface area contributed by atoms with Crippen LogP contribution in [0.25, 0.3) is 21.5 Å². The SMILES string of the molecule is COc1cc2c(=O)[nH]ccc2cc1N(C(=O)[C@@](OC)(O[C@H](CC(N)=O)c1ccccc1)c1ccccc1)c1cc2cc[nH]c(=O)c2cc1OC. The van der Waals surface area contributed by atoms with E-state index in [-0.39, 0.29) is 40.4 Å². The van der Waals surface area contributed by atoms with E-state index in [9.17, 15) is 14.4 Å². The van der Waals surface area contributed by atoms with Gasteiger partial charge in [0.1, 0.15) is 11.5 Å². The molecule has 4 N–H and O–H groups in total. The van der Waals surface area contributed by atoms with Crippen molar-refractivity contribution >= 4 is 44.7 Å². The summed E-state index contributed by atoms with van der Waals surface area (Å²) in [6, 6.07) is 27.1. The van der Waals surface area contributed by atoms with E-state index in [2.05, 4.69) is 9.97 Å². The van der Waals surface area contributed by atoms with Gasteiger partial charge < -0.3 is 34.6 Å². The summed E-state index contributed by atoms with van der Waals surface area (Å²) >= 11 is 0. The van der Waals surface area contributed by atoms with Crippen LogP contribution in [0.3, 0.4) is 0 Å². The van der Waals surface area contributed by atoms with Crippen molar-refractivity contribution in [1.29, 1.82) is 0 Å². The fourth-order valence-corrected chi connectivity index (χ4v) is 6.01. The van der Waals surface area contributed by atoms with Gasteiger partial charge >= 0.3 is 0 Å². The molecule has 0 saturated carbocycles. The third-order valence-corrected chi connectivity index (χ3v) is 8.42. The monoisotopic (exact) mass is 674 g/mol. The van der Waals surface area contributed by atoms with E-state index in [1.807, 2.05) is 6.07 Å². The average Bonchev–Trinajstić information content (AvgIpc) is 3.14. The molecular formula is C38H34N4O8. The van der Waals surface area contributed by atoms with Crippen molar-refractivity contribution in [3.63, 3.8) is 0 Å². The number of H-pyrrole nitrogens is 2. The van der Waals surface area contributed by atoms with Crippen LogP contribution in [0.2, 0.25) is 0 Å². The number of carbonyl (C=O) groups is 2. The van der Waals surface area contributed by atoms with Crippen molar-refractivity contribution in [3.05, 3.63) is 141 Å². The Balaban J connectivity index is 1.68. The molecule has 0 fully saturated rings. The maximum atomic E-state index is 15.7. The number of nitrogens with two attached hydrogens (primary N) is 1. The highest BCUT2D eigenvalue weighted by Gasteiger charge is 2.49. The molecule has 0 unspecified atom stereocenters. The molecule has 2 atom stereocenters. The van der Waals surface area contributed by atoms with Gasteiger partial charge in [-0.1, -0.05) is 60.7 Å². The van der Waals surface area contributed by atoms with E-state index in [4.69, 9.17) is 24.7 Å². The summed E-state index contributed by atoms with van der Waals surface area (Å²) in [5.74, 6) is -3.35. The highest BCUT2D eigenvalue weighted by atomic mass is 16.7. The number of amides is 2. The van der Waals surface area contributed by atoms with Crippen LogP contribution < -0.4 is 31.2 Å². The summed E-state index contributed by atoms with van der Waals surface area (Å²) in [7, 11) is 4.15. The van der Waals surface area contributed by atoms with Crippen LogP contribution in [0.15, 0.2) is 119 Å². The number of primary amides is 1. The summed E-state index contributed by atoms with van der Waals surface area (Å²) in [5.41, 5.74) is 6.27. The molecule has 2 aromatic heterocycles. The third kappa shape index (κ3) is 6.20. The first-order chi connectivity index (χ1) is 24.2. The zero-order valence-electron chi connectivity index (χ0n) is 27.5. The minimum Gasteiger partial charge on any atom is -0.495 e. The number of rotatable bonds is 12. The number of methoxy groups -OCH3 is 3. The minimum absolute atomic E-state index is 0.158. The number of benzene rings is 4. The molecular weight excluding hydrogens is 640 g/mol. The van der Waals surface area contributed by atoms with E-state index >= 15 is 4.79 Å². The number of pyridine rings is 2. The molecule has 4 aromatic carbocycles. The zero-order chi connectivity index (χ0) is 35.4. The van der Waals surface area contributed by atoms with Gasteiger partial charge in [-0.05, 0) is 52.7 Å². The van der Waals surface area contributed by atoms with Crippen LogP contribution in [-0.2, 0) is 24.8 Å². The van der Waals surface area contributed by atoms with Gasteiger partial charge in [0, 0.05) is 25.1 Å². The summed E-state index contributed by atoms with van der Waals surface area (Å²) in [6.45, 7) is 0. The molecule has 0 saturated heterocycles. The largest absolute Gasteiger partial charge is 0.495 e. The maximum absolute atomic E-state index is 15.7. The van der Waals surface area contributed by atoms with Crippen LogP contribution in [0, 0.1) is 0 Å². The van der Waals surface area contributed by atoms with Gasteiger partial charge in [-0.15, -0.1) is 0 Å². The maximum Gasteiger partial charge on any atom is 0.297 e. The topological polar surface area (TPSA) is 166 Å². The van der Waals surface area contributed by atoms with E-state index in [0.29, 0.717) is 32.7 Å². The molecule has 254 valence electrons. The second kappa shape index (κ2) is 14.1. The van der Waals surface area contributed by atoms with Crippen molar-refractivity contribution in [2.75, 3.05) is 26.2 Å². The van der Waals surface area contributed by atoms with Gasteiger partial charge in [0.25, 0.3) is 22.8 Å². The van der Waals surface area contributed by atoms with E-state index in [1.54, 1.807) is 78.9 Å². The first-order valence-electron chi connectivity index (χ1n) is 15.6. The number of hydrogen-bond donors (Lipinski definition) is 3. The minimum atomic E-state index is -2.22. The lowest BCUT2D eigenvalue weighted by atomic mass is 9.99. The molecule has 0 aliphatic rings. The quantitative estimate of drug-likeness (QED) is 0.149. The zero-order valence-corrected chi connectivity index (χ0v) is 27.5. The smallest absolute Gasteiger partial charge is 0.297 e. The molecule has 6 aromatic rings. The lowest BCUT2D eigenvalue weighted by molar-refractivity contribution is -0.245. The number of hydrogen-bond acceptors (Lipinski definition) is 8. The third-order valence-electron chi connectivity index (χ3n) is 8.42. The Hall–Kier alpha value is -6.24.